The first-order valence-electron chi connectivity index (χ1n) is 5.97. The molecule has 1 N–H and O–H groups in total. The monoisotopic (exact) mass is 262 g/mol. The highest BCUT2D eigenvalue weighted by molar-refractivity contribution is 6.20. The lowest BCUT2D eigenvalue weighted by Gasteiger charge is -2.21. The standard InChI is InChI=1S/C13H14N2O4/c1-7(2)9(13(18)19)6-15-11(16)8-4-3-5-14-10(8)12(15)17/h3-5,7,9H,6H2,1-2H3,(H,18,19). The minimum absolute atomic E-state index is 0.0976. The number of hydrogen-bond acceptors (Lipinski definition) is 4. The van der Waals surface area contributed by atoms with E-state index in [-0.39, 0.29) is 23.7 Å². The molecule has 1 unspecified atom stereocenters. The lowest BCUT2D eigenvalue weighted by atomic mass is 9.95. The summed E-state index contributed by atoms with van der Waals surface area (Å²) in [7, 11) is 0. The normalized spacial score (nSPS) is 15.8. The molecule has 1 aromatic rings. The van der Waals surface area contributed by atoms with Gasteiger partial charge in [-0.1, -0.05) is 13.8 Å². The molecule has 0 saturated heterocycles. The van der Waals surface area contributed by atoms with Crippen molar-refractivity contribution in [2.75, 3.05) is 6.54 Å². The van der Waals surface area contributed by atoms with E-state index in [0.29, 0.717) is 0 Å². The summed E-state index contributed by atoms with van der Waals surface area (Å²) in [6.07, 6.45) is 1.44. The summed E-state index contributed by atoms with van der Waals surface area (Å²) in [5, 5.41) is 9.13. The SMILES string of the molecule is CC(C)C(CN1C(=O)c2cccnc2C1=O)C(=O)O. The van der Waals surface area contributed by atoms with Crippen molar-refractivity contribution in [1.29, 1.82) is 0 Å². The van der Waals surface area contributed by atoms with Crippen molar-refractivity contribution in [3.8, 4) is 0 Å². The number of hydrogen-bond donors (Lipinski definition) is 1. The number of rotatable bonds is 4. The molecule has 0 radical (unpaired) electrons. The van der Waals surface area contributed by atoms with Crippen LogP contribution in [0.3, 0.4) is 0 Å². The molecule has 1 aliphatic rings. The fourth-order valence-electron chi connectivity index (χ4n) is 2.05. The molecule has 100 valence electrons. The summed E-state index contributed by atoms with van der Waals surface area (Å²) < 4.78 is 0. The Morgan fingerprint density at radius 3 is 2.58 bits per heavy atom. The number of carbonyl (C=O) groups is 3. The Morgan fingerprint density at radius 1 is 1.37 bits per heavy atom. The maximum atomic E-state index is 12.1. The van der Waals surface area contributed by atoms with Crippen LogP contribution < -0.4 is 0 Å². The number of carboxylic acid groups (broad SMARTS) is 1. The molecule has 0 bridgehead atoms. The van der Waals surface area contributed by atoms with E-state index < -0.39 is 23.7 Å². The van der Waals surface area contributed by atoms with Crippen LogP contribution in [0.2, 0.25) is 0 Å². The van der Waals surface area contributed by atoms with Crippen LogP contribution in [0.1, 0.15) is 34.7 Å². The van der Waals surface area contributed by atoms with Crippen LogP contribution in [0.25, 0.3) is 0 Å². The highest BCUT2D eigenvalue weighted by atomic mass is 16.4. The molecule has 6 heteroatoms. The second kappa shape index (κ2) is 4.79. The van der Waals surface area contributed by atoms with E-state index in [1.807, 2.05) is 0 Å². The third-order valence-electron chi connectivity index (χ3n) is 3.23. The molecule has 0 saturated carbocycles. The van der Waals surface area contributed by atoms with Gasteiger partial charge in [0, 0.05) is 12.7 Å². The van der Waals surface area contributed by atoms with Crippen LogP contribution in [0.4, 0.5) is 0 Å². The molecule has 0 spiro atoms. The second-order valence-electron chi connectivity index (χ2n) is 4.81. The predicted octanol–water partition coefficient (Wildman–Crippen LogP) is 1.03. The van der Waals surface area contributed by atoms with Crippen molar-refractivity contribution in [3.05, 3.63) is 29.6 Å². The number of imide groups is 1. The van der Waals surface area contributed by atoms with Gasteiger partial charge in [0.15, 0.2) is 0 Å². The Bertz CT molecular complexity index is 518. The highest BCUT2D eigenvalue weighted by Crippen LogP contribution is 2.23. The van der Waals surface area contributed by atoms with Gasteiger partial charge in [-0.3, -0.25) is 24.3 Å². The average Bonchev–Trinajstić information content (AvgIpc) is 2.59. The lowest BCUT2D eigenvalue weighted by molar-refractivity contribution is -0.143. The molecule has 1 aromatic heterocycles. The molecule has 6 nitrogen and oxygen atoms in total. The summed E-state index contributed by atoms with van der Waals surface area (Å²) in [6.45, 7) is 3.37. The van der Waals surface area contributed by atoms with Crippen LogP contribution in [0.15, 0.2) is 18.3 Å². The van der Waals surface area contributed by atoms with Gasteiger partial charge in [-0.25, -0.2) is 0 Å². The average molecular weight is 262 g/mol. The van der Waals surface area contributed by atoms with Gasteiger partial charge in [0.2, 0.25) is 0 Å². The van der Waals surface area contributed by atoms with E-state index >= 15 is 0 Å². The minimum Gasteiger partial charge on any atom is -0.481 e. The number of carbonyl (C=O) groups excluding carboxylic acids is 2. The van der Waals surface area contributed by atoms with Crippen LogP contribution in [-0.2, 0) is 4.79 Å². The summed E-state index contributed by atoms with van der Waals surface area (Å²) in [6, 6.07) is 3.10. The molecule has 0 fully saturated rings. The summed E-state index contributed by atoms with van der Waals surface area (Å²) in [5.74, 6) is -2.95. The molecular formula is C13H14N2O4. The Balaban J connectivity index is 2.27. The van der Waals surface area contributed by atoms with Gasteiger partial charge >= 0.3 is 5.97 Å². The van der Waals surface area contributed by atoms with Crippen molar-refractivity contribution >= 4 is 17.8 Å². The van der Waals surface area contributed by atoms with Crippen molar-refractivity contribution in [2.24, 2.45) is 11.8 Å². The first-order chi connectivity index (χ1) is 8.93. The number of fused-ring (bicyclic) bond motifs is 1. The van der Waals surface area contributed by atoms with Crippen LogP contribution in [0.5, 0.6) is 0 Å². The summed E-state index contributed by atoms with van der Waals surface area (Å²) >= 11 is 0. The van der Waals surface area contributed by atoms with E-state index in [1.54, 1.807) is 19.9 Å². The molecule has 0 aliphatic carbocycles. The molecule has 0 aromatic carbocycles. The van der Waals surface area contributed by atoms with E-state index in [0.717, 1.165) is 4.90 Å². The quantitative estimate of drug-likeness (QED) is 0.819. The fraction of sp³-hybridized carbons (Fsp3) is 0.385. The Hall–Kier alpha value is -2.24. The largest absolute Gasteiger partial charge is 0.481 e. The summed E-state index contributed by atoms with van der Waals surface area (Å²) in [5.41, 5.74) is 0.334. The van der Waals surface area contributed by atoms with Gasteiger partial charge in [0.1, 0.15) is 5.69 Å². The van der Waals surface area contributed by atoms with Crippen molar-refractivity contribution in [3.63, 3.8) is 0 Å². The topological polar surface area (TPSA) is 87.6 Å². The maximum Gasteiger partial charge on any atom is 0.308 e. The predicted molar refractivity (Wildman–Crippen MR) is 65.6 cm³/mol. The minimum atomic E-state index is -1.01. The van der Waals surface area contributed by atoms with E-state index in [9.17, 15) is 14.4 Å². The second-order valence-corrected chi connectivity index (χ2v) is 4.81. The number of amides is 2. The van der Waals surface area contributed by atoms with Gasteiger partial charge < -0.3 is 5.11 Å². The lowest BCUT2D eigenvalue weighted by Crippen LogP contribution is -2.39. The Kier molecular flexibility index (Phi) is 3.33. The van der Waals surface area contributed by atoms with E-state index in [2.05, 4.69) is 4.98 Å². The molecule has 2 rings (SSSR count). The number of pyridine rings is 1. The van der Waals surface area contributed by atoms with Crippen molar-refractivity contribution in [1.82, 2.24) is 9.88 Å². The number of aromatic nitrogens is 1. The Morgan fingerprint density at radius 2 is 2.05 bits per heavy atom. The summed E-state index contributed by atoms with van der Waals surface area (Å²) in [4.78, 5) is 40.1. The van der Waals surface area contributed by atoms with E-state index in [1.165, 1.54) is 12.3 Å². The third kappa shape index (κ3) is 2.21. The molecular weight excluding hydrogens is 248 g/mol. The van der Waals surface area contributed by atoms with Gasteiger partial charge in [0.05, 0.1) is 11.5 Å². The highest BCUT2D eigenvalue weighted by Gasteiger charge is 2.39. The zero-order valence-electron chi connectivity index (χ0n) is 10.7. The van der Waals surface area contributed by atoms with Crippen LogP contribution in [-0.4, -0.2) is 39.3 Å². The van der Waals surface area contributed by atoms with Gasteiger partial charge in [-0.15, -0.1) is 0 Å². The molecule has 2 heterocycles. The molecule has 1 aliphatic heterocycles. The molecule has 19 heavy (non-hydrogen) atoms. The Labute approximate surface area is 110 Å². The molecule has 2 amide bonds. The third-order valence-corrected chi connectivity index (χ3v) is 3.23. The van der Waals surface area contributed by atoms with Gasteiger partial charge in [-0.2, -0.15) is 0 Å². The van der Waals surface area contributed by atoms with Crippen molar-refractivity contribution in [2.45, 2.75) is 13.8 Å². The van der Waals surface area contributed by atoms with E-state index in [4.69, 9.17) is 5.11 Å². The first kappa shape index (κ1) is 13.2. The number of aliphatic carboxylic acids is 1. The number of nitrogens with zero attached hydrogens (tertiary/aromatic N) is 2. The smallest absolute Gasteiger partial charge is 0.308 e. The van der Waals surface area contributed by atoms with Crippen molar-refractivity contribution < 1.29 is 19.5 Å². The number of carboxylic acids is 1. The fourth-order valence-corrected chi connectivity index (χ4v) is 2.05. The molecule has 1 atom stereocenters. The van der Waals surface area contributed by atoms with Crippen LogP contribution in [0, 0.1) is 11.8 Å². The first-order valence-corrected chi connectivity index (χ1v) is 5.97. The van der Waals surface area contributed by atoms with Crippen LogP contribution >= 0.6 is 0 Å². The maximum absolute atomic E-state index is 12.1. The van der Waals surface area contributed by atoms with Gasteiger partial charge in [-0.05, 0) is 18.1 Å². The zero-order valence-corrected chi connectivity index (χ0v) is 10.7. The van der Waals surface area contributed by atoms with Gasteiger partial charge in [0.25, 0.3) is 11.8 Å². The zero-order chi connectivity index (χ0) is 14.2.